The standard InChI is InChI=1S/C7H18NO2PS/c1-6(7(2)10-11)5-8-12(3,4)9/h5-7,9H,11H2,1-4H3/t6?,7-/m0/s1/i11T/t6?,7-,11?. The van der Waals surface area contributed by atoms with Crippen LogP contribution in [0.4, 0.5) is 0 Å². The van der Waals surface area contributed by atoms with E-state index in [1.807, 2.05) is 13.8 Å². The Morgan fingerprint density at radius 3 is 2.67 bits per heavy atom. The monoisotopic (exact) mass is 213 g/mol. The fourth-order valence-corrected chi connectivity index (χ4v) is 1.18. The molecule has 0 aliphatic carbocycles. The minimum absolute atomic E-state index is 0.0127. The van der Waals surface area contributed by atoms with Crippen LogP contribution in [0.2, 0.25) is 0 Å². The van der Waals surface area contributed by atoms with E-state index in [-0.39, 0.29) is 21.4 Å². The van der Waals surface area contributed by atoms with Crippen molar-refractivity contribution in [1.82, 2.24) is 0 Å². The third-order valence-electron chi connectivity index (χ3n) is 1.48. The Hall–Kier alpha value is 0.370. The molecule has 3 nitrogen and oxygen atoms in total. The molecule has 0 aliphatic heterocycles. The van der Waals surface area contributed by atoms with Crippen molar-refractivity contribution in [3.63, 3.8) is 0 Å². The molecule has 0 rings (SSSR count). The Balaban J connectivity index is 3.98. The Morgan fingerprint density at radius 2 is 2.25 bits per heavy atom. The predicted octanol–water partition coefficient (Wildman–Crippen LogP) is 2.34. The second kappa shape index (κ2) is 5.18. The van der Waals surface area contributed by atoms with Crippen LogP contribution in [0.5, 0.6) is 0 Å². The molecule has 0 radical (unpaired) electrons. The van der Waals surface area contributed by atoms with Crippen LogP contribution in [0.1, 0.15) is 13.8 Å². The SMILES string of the molecule is [3H]PO[C@@H](C)C(C)C=NS(C)(C)O. The molecule has 5 heteroatoms. The Bertz CT molecular complexity index is 174. The highest BCUT2D eigenvalue weighted by atomic mass is 32.3. The fraction of sp³-hybridized carbons (Fsp3) is 0.857. The number of hydrogen-bond acceptors (Lipinski definition) is 3. The minimum Gasteiger partial charge on any atom is -0.362 e. The van der Waals surface area contributed by atoms with E-state index in [1.54, 1.807) is 18.7 Å². The van der Waals surface area contributed by atoms with E-state index in [4.69, 9.17) is 5.80 Å². The van der Waals surface area contributed by atoms with Gasteiger partial charge in [-0.3, -0.25) is 0 Å². The zero-order valence-electron chi connectivity index (χ0n) is 8.94. The molecule has 12 heavy (non-hydrogen) atoms. The molecule has 0 aliphatic rings. The molecule has 0 saturated carbocycles. The molecule has 0 fully saturated rings. The summed E-state index contributed by atoms with van der Waals surface area (Å²) in [6.07, 6.45) is 5.10. The van der Waals surface area contributed by atoms with Crippen LogP contribution in [0.25, 0.3) is 0 Å². The van der Waals surface area contributed by atoms with E-state index in [0.29, 0.717) is 0 Å². The summed E-state index contributed by atoms with van der Waals surface area (Å²) in [7, 11) is -2.04. The summed E-state index contributed by atoms with van der Waals surface area (Å²) in [6.45, 7) is 3.86. The Morgan fingerprint density at radius 1 is 1.67 bits per heavy atom. The average molecular weight is 213 g/mol. The van der Waals surface area contributed by atoms with Gasteiger partial charge in [0.2, 0.25) is 0 Å². The van der Waals surface area contributed by atoms with Crippen LogP contribution >= 0.6 is 19.9 Å². The van der Waals surface area contributed by atoms with Crippen LogP contribution in [0.15, 0.2) is 4.40 Å². The Kier molecular flexibility index (Phi) is 4.51. The average Bonchev–Trinajstić information content (AvgIpc) is 1.99. The Labute approximate surface area is 79.8 Å². The number of rotatable bonds is 5. The first-order chi connectivity index (χ1) is 5.87. The van der Waals surface area contributed by atoms with Gasteiger partial charge >= 0.3 is 0 Å². The van der Waals surface area contributed by atoms with Gasteiger partial charge in [0.25, 0.3) is 0 Å². The molecule has 74 valence electrons. The van der Waals surface area contributed by atoms with Gasteiger partial charge in [0.15, 0.2) is 0 Å². The first-order valence-corrected chi connectivity index (χ1v) is 6.47. The van der Waals surface area contributed by atoms with Gasteiger partial charge in [-0.1, -0.05) is 6.92 Å². The minimum atomic E-state index is -1.80. The van der Waals surface area contributed by atoms with Crippen molar-refractivity contribution in [2.24, 2.45) is 10.3 Å². The van der Waals surface area contributed by atoms with Gasteiger partial charge in [-0.05, 0) is 17.4 Å². The molecular formula is C7H18NO2PS. The lowest BCUT2D eigenvalue weighted by atomic mass is 10.1. The summed E-state index contributed by atoms with van der Waals surface area (Å²) in [5.41, 5.74) is 0. The second-order valence-corrected chi connectivity index (χ2v) is 6.04. The van der Waals surface area contributed by atoms with E-state index in [9.17, 15) is 4.55 Å². The topological polar surface area (TPSA) is 41.8 Å². The molecule has 0 bridgehead atoms. The molecule has 0 aromatic carbocycles. The number of hydrogen-bond donors (Lipinski definition) is 1. The van der Waals surface area contributed by atoms with Crippen molar-refractivity contribution in [1.29, 1.82) is 1.28 Å². The van der Waals surface area contributed by atoms with Gasteiger partial charge in [-0.25, -0.2) is 4.40 Å². The van der Waals surface area contributed by atoms with Crippen molar-refractivity contribution >= 4 is 26.1 Å². The molecule has 1 N–H and O–H groups in total. The van der Waals surface area contributed by atoms with Crippen molar-refractivity contribution in [3.05, 3.63) is 0 Å². The maximum Gasteiger partial charge on any atom is 0.0851 e. The lowest BCUT2D eigenvalue weighted by Gasteiger charge is -2.19. The molecule has 2 unspecified atom stereocenters. The lowest BCUT2D eigenvalue weighted by Crippen LogP contribution is -2.15. The van der Waals surface area contributed by atoms with Gasteiger partial charge in [0, 0.05) is 34.1 Å². The van der Waals surface area contributed by atoms with E-state index < -0.39 is 10.5 Å². The smallest absolute Gasteiger partial charge is 0.0851 e. The third kappa shape index (κ3) is 5.95. The second-order valence-electron chi connectivity index (χ2n) is 3.16. The van der Waals surface area contributed by atoms with E-state index >= 15 is 0 Å². The zero-order chi connectivity index (χ0) is 10.5. The summed E-state index contributed by atoms with van der Waals surface area (Å²) >= 11 is 0. The summed E-state index contributed by atoms with van der Waals surface area (Å²) in [6, 6.07) is 0. The lowest BCUT2D eigenvalue weighted by molar-refractivity contribution is 0.230. The first-order valence-electron chi connectivity index (χ1n) is 4.20. The molecule has 0 aromatic rings. The van der Waals surface area contributed by atoms with Crippen LogP contribution < -0.4 is 0 Å². The van der Waals surface area contributed by atoms with Crippen molar-refractivity contribution < 1.29 is 9.08 Å². The van der Waals surface area contributed by atoms with Crippen LogP contribution in [-0.4, -0.2) is 30.7 Å². The molecule has 0 spiro atoms. The van der Waals surface area contributed by atoms with Crippen LogP contribution in [0.3, 0.4) is 0 Å². The van der Waals surface area contributed by atoms with Crippen LogP contribution in [-0.2, 0) is 4.52 Å². The predicted molar refractivity (Wildman–Crippen MR) is 60.0 cm³/mol. The van der Waals surface area contributed by atoms with Gasteiger partial charge in [0.05, 0.1) is 7.38 Å². The number of nitrogens with zero attached hydrogens (tertiary/aromatic N) is 1. The van der Waals surface area contributed by atoms with E-state index in [0.717, 1.165) is 0 Å². The van der Waals surface area contributed by atoms with Crippen LogP contribution in [0, 0.1) is 5.92 Å². The highest BCUT2D eigenvalue weighted by Gasteiger charge is 2.09. The third-order valence-corrected chi connectivity index (χ3v) is 2.49. The fourth-order valence-electron chi connectivity index (χ4n) is 0.473. The van der Waals surface area contributed by atoms with Crippen molar-refractivity contribution in [2.45, 2.75) is 20.0 Å². The molecule has 0 aromatic heterocycles. The highest BCUT2D eigenvalue weighted by Crippen LogP contribution is 2.35. The van der Waals surface area contributed by atoms with Gasteiger partial charge in [-0.2, -0.15) is 0 Å². The van der Waals surface area contributed by atoms with E-state index in [2.05, 4.69) is 4.40 Å². The maximum absolute atomic E-state index is 9.39. The zero-order valence-corrected chi connectivity index (χ0v) is 9.76. The quantitative estimate of drug-likeness (QED) is 0.562. The summed E-state index contributed by atoms with van der Waals surface area (Å²) in [4.78, 5) is 0. The molecule has 3 atom stereocenters. The first kappa shape index (κ1) is 10.5. The largest absolute Gasteiger partial charge is 0.362 e. The molecule has 0 amide bonds. The van der Waals surface area contributed by atoms with Crippen molar-refractivity contribution in [3.8, 4) is 0 Å². The van der Waals surface area contributed by atoms with Gasteiger partial charge in [0.1, 0.15) is 0 Å². The van der Waals surface area contributed by atoms with Gasteiger partial charge in [-0.15, -0.1) is 0 Å². The van der Waals surface area contributed by atoms with E-state index in [1.165, 1.54) is 0 Å². The maximum atomic E-state index is 9.39. The molecule has 0 saturated heterocycles. The summed E-state index contributed by atoms with van der Waals surface area (Å²) in [5, 5.41) is 0. The highest BCUT2D eigenvalue weighted by molar-refractivity contribution is 8.26. The summed E-state index contributed by atoms with van der Waals surface area (Å²) < 4.78 is 25.4. The van der Waals surface area contributed by atoms with Crippen molar-refractivity contribution in [2.75, 3.05) is 12.5 Å². The molecule has 0 heterocycles. The summed E-state index contributed by atoms with van der Waals surface area (Å²) in [5.74, 6) is 0.136. The molecular weight excluding hydrogens is 193 g/mol. The normalized spacial score (nSPS) is 21.6. The van der Waals surface area contributed by atoms with Gasteiger partial charge < -0.3 is 9.08 Å².